The van der Waals surface area contributed by atoms with Crippen molar-refractivity contribution in [2.45, 2.75) is 75.6 Å². The van der Waals surface area contributed by atoms with E-state index in [-0.39, 0.29) is 0 Å². The monoisotopic (exact) mass is 368 g/mol. The van der Waals surface area contributed by atoms with Crippen molar-refractivity contribution in [3.8, 4) is 0 Å². The quantitative estimate of drug-likeness (QED) is 0.483. The maximum atomic E-state index is 12.1. The van der Waals surface area contributed by atoms with E-state index < -0.39 is 10.8 Å². The van der Waals surface area contributed by atoms with Gasteiger partial charge in [0.05, 0.1) is 0 Å². The van der Waals surface area contributed by atoms with Crippen molar-refractivity contribution < 1.29 is 4.21 Å². The second kappa shape index (κ2) is 9.36. The summed E-state index contributed by atoms with van der Waals surface area (Å²) in [7, 11) is 1.18. The van der Waals surface area contributed by atoms with Crippen LogP contribution in [0.3, 0.4) is 0 Å². The number of rotatable bonds is 9. The summed E-state index contributed by atoms with van der Waals surface area (Å²) in [6, 6.07) is 1.26. The minimum Gasteiger partial charge on any atom is -0.355 e. The second-order valence-electron chi connectivity index (χ2n) is 7.97. The Morgan fingerprint density at radius 1 is 1.20 bits per heavy atom. The number of hydrogen-bond acceptors (Lipinski definition) is 3. The molecule has 3 fully saturated rings. The molecule has 0 saturated heterocycles. The summed E-state index contributed by atoms with van der Waals surface area (Å²) in [4.78, 5) is 7.08. The zero-order chi connectivity index (χ0) is 17.6. The molecule has 0 bridgehead atoms. The van der Waals surface area contributed by atoms with Crippen molar-refractivity contribution in [2.75, 3.05) is 32.4 Å². The predicted molar refractivity (Wildman–Crippen MR) is 107 cm³/mol. The third kappa shape index (κ3) is 6.24. The number of aliphatic imine (C=N–C) groups is 1. The van der Waals surface area contributed by atoms with Crippen LogP contribution in [0, 0.1) is 5.92 Å². The van der Waals surface area contributed by atoms with Gasteiger partial charge in [-0.1, -0.05) is 13.3 Å². The molecule has 3 rings (SSSR count). The van der Waals surface area contributed by atoms with Crippen LogP contribution in [-0.4, -0.2) is 64.8 Å². The van der Waals surface area contributed by atoms with E-state index >= 15 is 0 Å². The summed E-state index contributed by atoms with van der Waals surface area (Å²) >= 11 is 0. The summed E-state index contributed by atoms with van der Waals surface area (Å²) in [5.74, 6) is 2.66. The molecule has 5 nitrogen and oxygen atoms in total. The fourth-order valence-corrected chi connectivity index (χ4v) is 5.30. The molecule has 0 aromatic rings. The number of nitrogens with one attached hydrogen (secondary N) is 2. The molecule has 144 valence electrons. The van der Waals surface area contributed by atoms with Crippen LogP contribution in [0.15, 0.2) is 4.99 Å². The van der Waals surface area contributed by atoms with Crippen molar-refractivity contribution in [1.29, 1.82) is 0 Å². The molecule has 0 aliphatic heterocycles. The van der Waals surface area contributed by atoms with Gasteiger partial charge < -0.3 is 10.6 Å². The Morgan fingerprint density at radius 3 is 2.64 bits per heavy atom. The average Bonchev–Trinajstić information content (AvgIpc) is 3.53. The molecule has 6 heteroatoms. The zero-order valence-corrected chi connectivity index (χ0v) is 16.8. The van der Waals surface area contributed by atoms with Crippen molar-refractivity contribution in [2.24, 2.45) is 10.9 Å². The first-order valence-corrected chi connectivity index (χ1v) is 11.7. The number of guanidine groups is 1. The molecule has 3 saturated carbocycles. The molecule has 0 spiro atoms. The Bertz CT molecular complexity index is 476. The topological polar surface area (TPSA) is 56.7 Å². The van der Waals surface area contributed by atoms with Gasteiger partial charge in [0.15, 0.2) is 5.96 Å². The number of nitrogens with zero attached hydrogens (tertiary/aromatic N) is 2. The van der Waals surface area contributed by atoms with Crippen LogP contribution < -0.4 is 10.6 Å². The Morgan fingerprint density at radius 2 is 2.00 bits per heavy atom. The first-order valence-electron chi connectivity index (χ1n) is 10.3. The highest BCUT2D eigenvalue weighted by atomic mass is 32.2. The highest BCUT2D eigenvalue weighted by Gasteiger charge is 2.33. The Kier molecular flexibility index (Phi) is 7.17. The Hall–Kier alpha value is -0.620. The van der Waals surface area contributed by atoms with Gasteiger partial charge >= 0.3 is 0 Å². The predicted octanol–water partition coefficient (Wildman–Crippen LogP) is 2.11. The van der Waals surface area contributed by atoms with E-state index in [0.717, 1.165) is 56.0 Å². The molecule has 0 aromatic heterocycles. The summed E-state index contributed by atoms with van der Waals surface area (Å²) < 4.78 is 12.1. The molecule has 0 amide bonds. The van der Waals surface area contributed by atoms with E-state index in [1.807, 2.05) is 14.0 Å². The van der Waals surface area contributed by atoms with Crippen LogP contribution in [-0.2, 0) is 10.8 Å². The van der Waals surface area contributed by atoms with Crippen LogP contribution >= 0.6 is 0 Å². The van der Waals surface area contributed by atoms with Crippen molar-refractivity contribution in [1.82, 2.24) is 15.5 Å². The molecular formula is C19H36N4OS. The lowest BCUT2D eigenvalue weighted by Crippen LogP contribution is -2.48. The third-order valence-electron chi connectivity index (χ3n) is 5.79. The summed E-state index contributed by atoms with van der Waals surface area (Å²) in [6.07, 6.45) is 10.1. The van der Waals surface area contributed by atoms with Crippen molar-refractivity contribution >= 4 is 16.8 Å². The standard InChI is InChI=1S/C19H36N4OS/c1-3-25(24)18-6-4-5-16(13-18)22-19(20-2)21-11-12-23(17-9-10-17)14-15-7-8-15/h15-18H,3-14H2,1-2H3,(H2,20,21,22). The van der Waals surface area contributed by atoms with E-state index in [9.17, 15) is 4.21 Å². The van der Waals surface area contributed by atoms with Crippen LogP contribution in [0.4, 0.5) is 0 Å². The molecule has 0 aromatic carbocycles. The van der Waals surface area contributed by atoms with Gasteiger partial charge in [0.1, 0.15) is 0 Å². The van der Waals surface area contributed by atoms with Gasteiger partial charge in [-0.3, -0.25) is 14.1 Å². The van der Waals surface area contributed by atoms with Gasteiger partial charge in [-0.2, -0.15) is 0 Å². The third-order valence-corrected chi connectivity index (χ3v) is 7.53. The second-order valence-corrected chi connectivity index (χ2v) is 9.97. The van der Waals surface area contributed by atoms with Gasteiger partial charge in [0.25, 0.3) is 0 Å². The van der Waals surface area contributed by atoms with Gasteiger partial charge in [-0.25, -0.2) is 0 Å². The molecule has 3 unspecified atom stereocenters. The van der Waals surface area contributed by atoms with Crippen LogP contribution in [0.1, 0.15) is 58.3 Å². The summed E-state index contributed by atoms with van der Waals surface area (Å²) in [5.41, 5.74) is 0. The Labute approximate surface area is 155 Å². The highest BCUT2D eigenvalue weighted by Crippen LogP contribution is 2.34. The van der Waals surface area contributed by atoms with Crippen LogP contribution in [0.2, 0.25) is 0 Å². The van der Waals surface area contributed by atoms with Gasteiger partial charge in [-0.15, -0.1) is 0 Å². The number of hydrogen-bond donors (Lipinski definition) is 2. The Balaban J connectivity index is 1.39. The minimum atomic E-state index is -0.668. The average molecular weight is 369 g/mol. The first kappa shape index (κ1) is 19.2. The fourth-order valence-electron chi connectivity index (χ4n) is 3.95. The SMILES string of the molecule is CCS(=O)C1CCCC(NC(=NC)NCCN(CC2CC2)C2CC2)C1. The van der Waals surface area contributed by atoms with E-state index in [4.69, 9.17) is 0 Å². The largest absolute Gasteiger partial charge is 0.355 e. The fraction of sp³-hybridized carbons (Fsp3) is 0.947. The van der Waals surface area contributed by atoms with E-state index in [0.29, 0.717) is 11.3 Å². The lowest BCUT2D eigenvalue weighted by atomic mass is 9.95. The summed E-state index contributed by atoms with van der Waals surface area (Å²) in [5, 5.41) is 7.43. The highest BCUT2D eigenvalue weighted by molar-refractivity contribution is 7.85. The normalized spacial score (nSPS) is 28.8. The first-order chi connectivity index (χ1) is 12.2. The molecule has 2 N–H and O–H groups in total. The molecule has 0 heterocycles. The molecule has 25 heavy (non-hydrogen) atoms. The molecular weight excluding hydrogens is 332 g/mol. The van der Waals surface area contributed by atoms with Crippen molar-refractivity contribution in [3.05, 3.63) is 0 Å². The molecule has 3 aliphatic rings. The zero-order valence-electron chi connectivity index (χ0n) is 16.0. The lowest BCUT2D eigenvalue weighted by molar-refractivity contribution is 0.256. The van der Waals surface area contributed by atoms with Gasteiger partial charge in [-0.05, 0) is 50.9 Å². The van der Waals surface area contributed by atoms with E-state index in [1.165, 1.54) is 38.6 Å². The van der Waals surface area contributed by atoms with Crippen LogP contribution in [0.25, 0.3) is 0 Å². The van der Waals surface area contributed by atoms with Gasteiger partial charge in [0.2, 0.25) is 0 Å². The minimum absolute atomic E-state index is 0.359. The van der Waals surface area contributed by atoms with E-state index in [2.05, 4.69) is 20.5 Å². The molecule has 3 atom stereocenters. The lowest BCUT2D eigenvalue weighted by Gasteiger charge is -2.30. The maximum Gasteiger partial charge on any atom is 0.191 e. The molecule has 0 radical (unpaired) electrons. The van der Waals surface area contributed by atoms with Crippen molar-refractivity contribution in [3.63, 3.8) is 0 Å². The molecule has 3 aliphatic carbocycles. The van der Waals surface area contributed by atoms with Crippen LogP contribution in [0.5, 0.6) is 0 Å². The van der Waals surface area contributed by atoms with Gasteiger partial charge in [0, 0.05) is 60.6 Å². The maximum absolute atomic E-state index is 12.1. The summed E-state index contributed by atoms with van der Waals surface area (Å²) in [6.45, 7) is 5.40. The smallest absolute Gasteiger partial charge is 0.191 e. The van der Waals surface area contributed by atoms with E-state index in [1.54, 1.807) is 0 Å².